The quantitative estimate of drug-likeness (QED) is 0.781. The van der Waals surface area contributed by atoms with Gasteiger partial charge in [-0.2, -0.15) is 0 Å². The third kappa shape index (κ3) is 2.76. The molecular formula is C17H17N3O4. The van der Waals surface area contributed by atoms with Gasteiger partial charge in [-0.3, -0.25) is 15.0 Å². The molecule has 0 fully saturated rings. The molecule has 2 N–H and O–H groups in total. The number of carbonyl (C=O) groups excluding carboxylic acids is 1. The highest BCUT2D eigenvalue weighted by atomic mass is 16.5. The predicted octanol–water partition coefficient (Wildman–Crippen LogP) is 0.490. The van der Waals surface area contributed by atoms with Crippen LogP contribution in [-0.4, -0.2) is 29.4 Å². The van der Waals surface area contributed by atoms with Gasteiger partial charge in [0, 0.05) is 5.22 Å². The van der Waals surface area contributed by atoms with Crippen molar-refractivity contribution in [2.75, 3.05) is 13.2 Å². The van der Waals surface area contributed by atoms with Gasteiger partial charge >= 0.3 is 5.97 Å². The first kappa shape index (κ1) is 15.8. The standard InChI is InChI=1S/C17H17N3O4/c1-3-23-16-11(15(21)19-20-16)9-13-14(17(22)24-4-2)10-7-5-6-8-12(10)18-13/h5-9H,3-4H2,1-2H3,(H2,19,20,21). The number of benzene rings is 1. The molecule has 7 heteroatoms. The van der Waals surface area contributed by atoms with Gasteiger partial charge in [0.15, 0.2) is 0 Å². The highest BCUT2D eigenvalue weighted by molar-refractivity contribution is 6.17. The van der Waals surface area contributed by atoms with E-state index < -0.39 is 5.97 Å². The summed E-state index contributed by atoms with van der Waals surface area (Å²) < 4.78 is 10.5. The molecule has 0 radical (unpaired) electrons. The molecule has 7 nitrogen and oxygen atoms in total. The van der Waals surface area contributed by atoms with Gasteiger partial charge in [-0.1, -0.05) is 18.2 Å². The van der Waals surface area contributed by atoms with E-state index in [0.29, 0.717) is 34.3 Å². The second kappa shape index (κ2) is 6.57. The molecule has 2 heterocycles. The van der Waals surface area contributed by atoms with E-state index >= 15 is 0 Å². The molecule has 0 spiro atoms. The molecule has 1 aliphatic heterocycles. The summed E-state index contributed by atoms with van der Waals surface area (Å²) in [5, 5.41) is 6.49. The highest BCUT2D eigenvalue weighted by Gasteiger charge is 2.23. The number of para-hydroxylation sites is 1. The Morgan fingerprint density at radius 1 is 1.21 bits per heavy atom. The second-order valence-electron chi connectivity index (χ2n) is 5.01. The Bertz CT molecular complexity index is 982. The molecule has 0 bridgehead atoms. The third-order valence-corrected chi connectivity index (χ3v) is 3.50. The van der Waals surface area contributed by atoms with Crippen LogP contribution >= 0.6 is 0 Å². The fourth-order valence-electron chi connectivity index (χ4n) is 2.51. The molecule has 2 aromatic rings. The van der Waals surface area contributed by atoms with Gasteiger partial charge in [-0.25, -0.2) is 9.79 Å². The lowest BCUT2D eigenvalue weighted by atomic mass is 10.1. The van der Waals surface area contributed by atoms with Gasteiger partial charge in [-0.05, 0) is 26.0 Å². The van der Waals surface area contributed by atoms with Crippen LogP contribution in [0.1, 0.15) is 19.4 Å². The predicted molar refractivity (Wildman–Crippen MR) is 87.8 cm³/mol. The van der Waals surface area contributed by atoms with Crippen LogP contribution in [0.5, 0.6) is 5.88 Å². The number of hydrogen-bond acceptors (Lipinski definition) is 5. The molecule has 0 atom stereocenters. The minimum atomic E-state index is -0.470. The highest BCUT2D eigenvalue weighted by Crippen LogP contribution is 2.21. The number of aromatic amines is 2. The van der Waals surface area contributed by atoms with Crippen molar-refractivity contribution in [2.45, 2.75) is 13.8 Å². The van der Waals surface area contributed by atoms with Crippen LogP contribution in [0.3, 0.4) is 0 Å². The van der Waals surface area contributed by atoms with Crippen molar-refractivity contribution >= 4 is 17.6 Å². The maximum Gasteiger partial charge on any atom is 0.341 e. The van der Waals surface area contributed by atoms with Crippen molar-refractivity contribution < 1.29 is 14.3 Å². The van der Waals surface area contributed by atoms with Crippen molar-refractivity contribution in [3.8, 4) is 5.88 Å². The number of aromatic nitrogens is 2. The van der Waals surface area contributed by atoms with Gasteiger partial charge in [0.05, 0.1) is 29.8 Å². The van der Waals surface area contributed by atoms with Crippen molar-refractivity contribution in [3.05, 3.63) is 56.5 Å². The zero-order valence-corrected chi connectivity index (χ0v) is 13.4. The molecule has 0 saturated carbocycles. The van der Waals surface area contributed by atoms with Crippen molar-refractivity contribution in [1.82, 2.24) is 10.2 Å². The van der Waals surface area contributed by atoms with Crippen LogP contribution in [0.2, 0.25) is 0 Å². The van der Waals surface area contributed by atoms with Crippen LogP contribution in [0.25, 0.3) is 11.6 Å². The Morgan fingerprint density at radius 3 is 2.75 bits per heavy atom. The summed E-state index contributed by atoms with van der Waals surface area (Å²) in [5.74, 6) is -0.160. The van der Waals surface area contributed by atoms with Crippen LogP contribution in [-0.2, 0) is 9.53 Å². The summed E-state index contributed by atoms with van der Waals surface area (Å²) in [6.45, 7) is 4.21. The topological polar surface area (TPSA) is 96.5 Å². The van der Waals surface area contributed by atoms with Gasteiger partial charge in [0.25, 0.3) is 5.56 Å². The molecule has 0 saturated heterocycles. The molecule has 0 unspecified atom stereocenters. The molecule has 0 aliphatic carbocycles. The van der Waals surface area contributed by atoms with Crippen LogP contribution in [0.15, 0.2) is 39.7 Å². The normalized spacial score (nSPS) is 14.4. The smallest absolute Gasteiger partial charge is 0.341 e. The first-order valence-corrected chi connectivity index (χ1v) is 7.66. The molecular weight excluding hydrogens is 310 g/mol. The lowest BCUT2D eigenvalue weighted by Crippen LogP contribution is -2.25. The molecule has 1 aromatic carbocycles. The Kier molecular flexibility index (Phi) is 4.33. The Labute approximate surface area is 137 Å². The van der Waals surface area contributed by atoms with E-state index in [9.17, 15) is 9.59 Å². The molecule has 0 amide bonds. The summed E-state index contributed by atoms with van der Waals surface area (Å²) in [4.78, 5) is 28.8. The summed E-state index contributed by atoms with van der Waals surface area (Å²) in [6.07, 6.45) is 1.53. The number of nitrogens with zero attached hydrogens (tertiary/aromatic N) is 1. The number of hydrogen-bond donors (Lipinski definition) is 2. The van der Waals surface area contributed by atoms with Crippen molar-refractivity contribution in [2.24, 2.45) is 4.99 Å². The fourth-order valence-corrected chi connectivity index (χ4v) is 2.51. The van der Waals surface area contributed by atoms with E-state index in [1.165, 1.54) is 6.08 Å². The Hall–Kier alpha value is -3.09. The SMILES string of the molecule is CCOC(=O)C1=c2ccccc2=NC1=Cc1c(OCC)[nH][nH]c1=O. The van der Waals surface area contributed by atoms with E-state index in [1.807, 2.05) is 19.1 Å². The fraction of sp³-hybridized carbons (Fsp3) is 0.235. The number of ether oxygens (including phenoxy) is 2. The van der Waals surface area contributed by atoms with Gasteiger partial charge in [0.2, 0.25) is 5.88 Å². The van der Waals surface area contributed by atoms with E-state index in [1.54, 1.807) is 19.1 Å². The first-order chi connectivity index (χ1) is 11.7. The maximum absolute atomic E-state index is 12.4. The summed E-state index contributed by atoms with van der Waals surface area (Å²) in [7, 11) is 0. The number of fused-ring (bicyclic) bond motifs is 1. The third-order valence-electron chi connectivity index (χ3n) is 3.50. The number of H-pyrrole nitrogens is 2. The second-order valence-corrected chi connectivity index (χ2v) is 5.01. The van der Waals surface area contributed by atoms with Crippen molar-refractivity contribution in [1.29, 1.82) is 0 Å². The molecule has 1 aromatic heterocycles. The minimum absolute atomic E-state index is 0.257. The van der Waals surface area contributed by atoms with Crippen molar-refractivity contribution in [3.63, 3.8) is 0 Å². The van der Waals surface area contributed by atoms with Crippen LogP contribution in [0.4, 0.5) is 0 Å². The lowest BCUT2D eigenvalue weighted by Gasteiger charge is -2.04. The summed E-state index contributed by atoms with van der Waals surface area (Å²) in [6, 6.07) is 7.27. The summed E-state index contributed by atoms with van der Waals surface area (Å²) >= 11 is 0. The zero-order chi connectivity index (χ0) is 17.1. The van der Waals surface area contributed by atoms with E-state index in [2.05, 4.69) is 15.2 Å². The monoisotopic (exact) mass is 327 g/mol. The summed E-state index contributed by atoms with van der Waals surface area (Å²) in [5.41, 5.74) is 0.654. The molecule has 24 heavy (non-hydrogen) atoms. The van der Waals surface area contributed by atoms with Gasteiger partial charge in [-0.15, -0.1) is 0 Å². The van der Waals surface area contributed by atoms with E-state index in [-0.39, 0.29) is 17.7 Å². The Balaban J connectivity index is 2.18. The number of nitrogens with one attached hydrogen (secondary N) is 2. The first-order valence-electron chi connectivity index (χ1n) is 7.66. The zero-order valence-electron chi connectivity index (χ0n) is 13.4. The number of carbonyl (C=O) groups is 1. The lowest BCUT2D eigenvalue weighted by molar-refractivity contribution is -0.136. The van der Waals surface area contributed by atoms with E-state index in [4.69, 9.17) is 9.47 Å². The van der Waals surface area contributed by atoms with Gasteiger partial charge < -0.3 is 9.47 Å². The van der Waals surface area contributed by atoms with E-state index in [0.717, 1.165) is 0 Å². The largest absolute Gasteiger partial charge is 0.478 e. The van der Waals surface area contributed by atoms with Gasteiger partial charge in [0.1, 0.15) is 5.56 Å². The average Bonchev–Trinajstić information content (AvgIpc) is 3.10. The minimum Gasteiger partial charge on any atom is -0.478 e. The molecule has 1 aliphatic rings. The number of rotatable bonds is 5. The molecule has 3 rings (SSSR count). The Morgan fingerprint density at radius 2 is 2.00 bits per heavy atom. The van der Waals surface area contributed by atoms with Crippen LogP contribution < -0.4 is 20.9 Å². The molecule has 124 valence electrons. The number of esters is 1. The van der Waals surface area contributed by atoms with Crippen LogP contribution in [0, 0.1) is 0 Å². The maximum atomic E-state index is 12.4. The average molecular weight is 327 g/mol.